The quantitative estimate of drug-likeness (QED) is 0.765. The number of carbonyl (C=O) groups excluding carboxylic acids is 2. The standard InChI is InChI=1S/C15H24N2O4/c1-10-8-12(10)15(21)16-6-5-13(18)17-7-3-2-4-11(17)9-14(19)20/h10-12H,2-9H2,1H3,(H,16,21)(H,19,20). The molecule has 1 saturated carbocycles. The van der Waals surface area contributed by atoms with Gasteiger partial charge in [-0.25, -0.2) is 0 Å². The van der Waals surface area contributed by atoms with Gasteiger partial charge in [-0.05, 0) is 31.6 Å². The number of aliphatic carboxylic acids is 1. The Morgan fingerprint density at radius 3 is 2.62 bits per heavy atom. The summed E-state index contributed by atoms with van der Waals surface area (Å²) in [5.74, 6) is -0.297. The zero-order valence-electron chi connectivity index (χ0n) is 12.5. The van der Waals surface area contributed by atoms with Crippen LogP contribution >= 0.6 is 0 Å². The fourth-order valence-electron chi connectivity index (χ4n) is 3.00. The minimum atomic E-state index is -0.865. The Labute approximate surface area is 124 Å². The highest BCUT2D eigenvalue weighted by atomic mass is 16.4. The van der Waals surface area contributed by atoms with Crippen molar-refractivity contribution in [1.29, 1.82) is 0 Å². The molecule has 0 aromatic carbocycles. The molecule has 2 rings (SSSR count). The fraction of sp³-hybridized carbons (Fsp3) is 0.800. The summed E-state index contributed by atoms with van der Waals surface area (Å²) < 4.78 is 0. The lowest BCUT2D eigenvalue weighted by Gasteiger charge is -2.35. The summed E-state index contributed by atoms with van der Waals surface area (Å²) in [6.45, 7) is 3.02. The van der Waals surface area contributed by atoms with Crippen LogP contribution < -0.4 is 5.32 Å². The molecule has 3 unspecified atom stereocenters. The van der Waals surface area contributed by atoms with E-state index in [1.807, 2.05) is 6.92 Å². The summed E-state index contributed by atoms with van der Waals surface area (Å²) >= 11 is 0. The van der Waals surface area contributed by atoms with E-state index in [2.05, 4.69) is 5.32 Å². The highest BCUT2D eigenvalue weighted by Gasteiger charge is 2.38. The SMILES string of the molecule is CC1CC1C(=O)NCCC(=O)N1CCCCC1CC(=O)O. The van der Waals surface area contributed by atoms with Gasteiger partial charge in [0.1, 0.15) is 0 Å². The van der Waals surface area contributed by atoms with Crippen molar-refractivity contribution in [3.8, 4) is 0 Å². The van der Waals surface area contributed by atoms with Crippen molar-refractivity contribution in [3.05, 3.63) is 0 Å². The van der Waals surface area contributed by atoms with Gasteiger partial charge in [0.2, 0.25) is 11.8 Å². The number of rotatable bonds is 6. The van der Waals surface area contributed by atoms with E-state index in [9.17, 15) is 14.4 Å². The molecule has 2 fully saturated rings. The molecule has 1 heterocycles. The van der Waals surface area contributed by atoms with Crippen LogP contribution in [0, 0.1) is 11.8 Å². The first-order valence-electron chi connectivity index (χ1n) is 7.78. The molecule has 3 atom stereocenters. The Morgan fingerprint density at radius 2 is 2.00 bits per heavy atom. The fourth-order valence-corrected chi connectivity index (χ4v) is 3.00. The van der Waals surface area contributed by atoms with Crippen molar-refractivity contribution in [2.45, 2.75) is 51.5 Å². The van der Waals surface area contributed by atoms with Crippen LogP contribution in [0.25, 0.3) is 0 Å². The van der Waals surface area contributed by atoms with Crippen molar-refractivity contribution in [2.75, 3.05) is 13.1 Å². The molecular weight excluding hydrogens is 272 g/mol. The lowest BCUT2D eigenvalue weighted by atomic mass is 9.99. The van der Waals surface area contributed by atoms with Crippen molar-refractivity contribution in [2.24, 2.45) is 11.8 Å². The Balaban J connectivity index is 1.75. The largest absolute Gasteiger partial charge is 0.481 e. The molecule has 0 aromatic rings. The van der Waals surface area contributed by atoms with Crippen molar-refractivity contribution >= 4 is 17.8 Å². The van der Waals surface area contributed by atoms with Crippen LogP contribution in [0.1, 0.15) is 45.4 Å². The summed E-state index contributed by atoms with van der Waals surface area (Å²) in [5, 5.41) is 11.7. The van der Waals surface area contributed by atoms with Gasteiger partial charge in [-0.1, -0.05) is 6.92 Å². The third-order valence-corrected chi connectivity index (χ3v) is 4.44. The summed E-state index contributed by atoms with van der Waals surface area (Å²) in [5.41, 5.74) is 0. The molecule has 0 spiro atoms. The average Bonchev–Trinajstić information content (AvgIpc) is 3.15. The van der Waals surface area contributed by atoms with Gasteiger partial charge in [0.15, 0.2) is 0 Å². The van der Waals surface area contributed by atoms with E-state index in [4.69, 9.17) is 5.11 Å². The van der Waals surface area contributed by atoms with E-state index >= 15 is 0 Å². The average molecular weight is 296 g/mol. The first-order chi connectivity index (χ1) is 9.99. The zero-order chi connectivity index (χ0) is 15.4. The summed E-state index contributed by atoms with van der Waals surface area (Å²) in [6.07, 6.45) is 3.85. The van der Waals surface area contributed by atoms with Gasteiger partial charge in [0, 0.05) is 31.5 Å². The molecule has 0 radical (unpaired) electrons. The Kier molecular flexibility index (Phi) is 5.20. The molecule has 0 bridgehead atoms. The summed E-state index contributed by atoms with van der Waals surface area (Å²) in [6, 6.07) is -0.192. The number of piperidine rings is 1. The predicted octanol–water partition coefficient (Wildman–Crippen LogP) is 1.00. The number of hydrogen-bond acceptors (Lipinski definition) is 3. The van der Waals surface area contributed by atoms with Gasteiger partial charge in [-0.2, -0.15) is 0 Å². The van der Waals surface area contributed by atoms with E-state index in [1.54, 1.807) is 4.90 Å². The van der Waals surface area contributed by atoms with Gasteiger partial charge in [-0.15, -0.1) is 0 Å². The van der Waals surface area contributed by atoms with Crippen LogP contribution in [0.3, 0.4) is 0 Å². The van der Waals surface area contributed by atoms with Gasteiger partial charge in [0.05, 0.1) is 6.42 Å². The number of carbonyl (C=O) groups is 3. The Morgan fingerprint density at radius 1 is 1.29 bits per heavy atom. The molecule has 2 N–H and O–H groups in total. The maximum absolute atomic E-state index is 12.2. The second kappa shape index (κ2) is 6.91. The van der Waals surface area contributed by atoms with E-state index in [0.717, 1.165) is 25.7 Å². The second-order valence-corrected chi connectivity index (χ2v) is 6.20. The number of carboxylic acid groups (broad SMARTS) is 1. The third-order valence-electron chi connectivity index (χ3n) is 4.44. The highest BCUT2D eigenvalue weighted by Crippen LogP contribution is 2.37. The van der Waals surface area contributed by atoms with Crippen molar-refractivity contribution in [1.82, 2.24) is 10.2 Å². The monoisotopic (exact) mass is 296 g/mol. The van der Waals surface area contributed by atoms with Crippen LogP contribution in [-0.2, 0) is 14.4 Å². The van der Waals surface area contributed by atoms with Crippen LogP contribution in [0.5, 0.6) is 0 Å². The number of likely N-dealkylation sites (tertiary alicyclic amines) is 1. The van der Waals surface area contributed by atoms with E-state index in [1.165, 1.54) is 0 Å². The van der Waals surface area contributed by atoms with E-state index < -0.39 is 5.97 Å². The topological polar surface area (TPSA) is 86.7 Å². The van der Waals surface area contributed by atoms with Gasteiger partial charge < -0.3 is 15.3 Å². The van der Waals surface area contributed by atoms with E-state index in [-0.39, 0.29) is 36.6 Å². The minimum absolute atomic E-state index is 0.0116. The maximum Gasteiger partial charge on any atom is 0.305 e. The highest BCUT2D eigenvalue weighted by molar-refractivity contribution is 5.82. The Hall–Kier alpha value is -1.59. The first kappa shape index (κ1) is 15.8. The third kappa shape index (κ3) is 4.44. The lowest BCUT2D eigenvalue weighted by molar-refractivity contribution is -0.141. The number of carboxylic acids is 1. The van der Waals surface area contributed by atoms with Gasteiger partial charge in [0.25, 0.3) is 0 Å². The molecule has 6 heteroatoms. The second-order valence-electron chi connectivity index (χ2n) is 6.20. The summed E-state index contributed by atoms with van der Waals surface area (Å²) in [4.78, 5) is 36.4. The normalized spacial score (nSPS) is 28.0. The van der Waals surface area contributed by atoms with E-state index in [0.29, 0.717) is 19.0 Å². The first-order valence-corrected chi connectivity index (χ1v) is 7.78. The van der Waals surface area contributed by atoms with Crippen molar-refractivity contribution in [3.63, 3.8) is 0 Å². The number of nitrogens with zero attached hydrogens (tertiary/aromatic N) is 1. The number of hydrogen-bond donors (Lipinski definition) is 2. The molecule has 2 aliphatic rings. The predicted molar refractivity (Wildman–Crippen MR) is 76.5 cm³/mol. The summed E-state index contributed by atoms with van der Waals surface area (Å²) in [7, 11) is 0. The van der Waals surface area contributed by atoms with Crippen LogP contribution in [0.2, 0.25) is 0 Å². The van der Waals surface area contributed by atoms with Gasteiger partial charge in [-0.3, -0.25) is 14.4 Å². The molecular formula is C15H24N2O4. The molecule has 6 nitrogen and oxygen atoms in total. The number of nitrogens with one attached hydrogen (secondary N) is 1. The van der Waals surface area contributed by atoms with Crippen LogP contribution in [-0.4, -0.2) is 46.9 Å². The molecule has 1 aliphatic carbocycles. The van der Waals surface area contributed by atoms with Crippen molar-refractivity contribution < 1.29 is 19.5 Å². The lowest BCUT2D eigenvalue weighted by Crippen LogP contribution is -2.45. The van der Waals surface area contributed by atoms with Gasteiger partial charge >= 0.3 is 5.97 Å². The molecule has 1 aliphatic heterocycles. The molecule has 2 amide bonds. The van der Waals surface area contributed by atoms with Crippen LogP contribution in [0.15, 0.2) is 0 Å². The van der Waals surface area contributed by atoms with Crippen LogP contribution in [0.4, 0.5) is 0 Å². The molecule has 0 aromatic heterocycles. The minimum Gasteiger partial charge on any atom is -0.481 e. The smallest absolute Gasteiger partial charge is 0.305 e. The molecule has 1 saturated heterocycles. The zero-order valence-corrected chi connectivity index (χ0v) is 12.5. The Bertz CT molecular complexity index is 424. The molecule has 118 valence electrons. The maximum atomic E-state index is 12.2. The number of amides is 2. The molecule has 21 heavy (non-hydrogen) atoms.